The van der Waals surface area contributed by atoms with Gasteiger partial charge in [-0.15, -0.1) is 11.3 Å². The van der Waals surface area contributed by atoms with Gasteiger partial charge in [-0.05, 0) is 12.1 Å². The topological polar surface area (TPSA) is 116 Å². The van der Waals surface area contributed by atoms with E-state index in [1.54, 1.807) is 0 Å². The van der Waals surface area contributed by atoms with Crippen LogP contribution in [-0.4, -0.2) is 39.3 Å². The summed E-state index contributed by atoms with van der Waals surface area (Å²) in [6.07, 6.45) is -1.25. The van der Waals surface area contributed by atoms with Crippen molar-refractivity contribution in [1.82, 2.24) is 4.72 Å². The number of carboxylic acids is 1. The van der Waals surface area contributed by atoms with Gasteiger partial charge < -0.3 is 9.84 Å². The van der Waals surface area contributed by atoms with Crippen LogP contribution in [0.25, 0.3) is 0 Å². The van der Waals surface area contributed by atoms with E-state index < -0.39 is 22.1 Å². The van der Waals surface area contributed by atoms with Gasteiger partial charge in [-0.3, -0.25) is 0 Å². The SMILES string of the molecule is COC(CNS(=O)(=O)c1ccc(C#N)s1)C(=O)O. The molecule has 0 bridgehead atoms. The molecule has 1 aromatic heterocycles. The molecule has 1 atom stereocenters. The number of sulfonamides is 1. The fourth-order valence-corrected chi connectivity index (χ4v) is 3.23. The first kappa shape index (κ1) is 14.6. The monoisotopic (exact) mass is 290 g/mol. The Kier molecular flexibility index (Phi) is 4.80. The highest BCUT2D eigenvalue weighted by Crippen LogP contribution is 2.20. The average Bonchev–Trinajstić information content (AvgIpc) is 2.78. The molecule has 1 unspecified atom stereocenters. The molecule has 0 aliphatic heterocycles. The Morgan fingerprint density at radius 3 is 2.78 bits per heavy atom. The van der Waals surface area contributed by atoms with Crippen molar-refractivity contribution in [1.29, 1.82) is 5.26 Å². The highest BCUT2D eigenvalue weighted by molar-refractivity contribution is 7.91. The maximum atomic E-state index is 11.7. The maximum absolute atomic E-state index is 11.7. The number of ether oxygens (including phenoxy) is 1. The third kappa shape index (κ3) is 3.51. The summed E-state index contributed by atoms with van der Waals surface area (Å²) in [4.78, 5) is 10.9. The summed E-state index contributed by atoms with van der Waals surface area (Å²) >= 11 is 0.808. The molecule has 9 heteroatoms. The summed E-state index contributed by atoms with van der Waals surface area (Å²) in [5.74, 6) is -1.26. The molecule has 98 valence electrons. The Labute approximate surface area is 108 Å². The maximum Gasteiger partial charge on any atom is 0.334 e. The van der Waals surface area contributed by atoms with Crippen molar-refractivity contribution in [2.45, 2.75) is 10.3 Å². The zero-order valence-electron chi connectivity index (χ0n) is 9.28. The number of rotatable bonds is 6. The Morgan fingerprint density at radius 1 is 1.67 bits per heavy atom. The number of hydrogen-bond donors (Lipinski definition) is 2. The van der Waals surface area contributed by atoms with Crippen molar-refractivity contribution in [3.05, 3.63) is 17.0 Å². The molecule has 7 nitrogen and oxygen atoms in total. The molecule has 0 saturated carbocycles. The third-order valence-corrected chi connectivity index (χ3v) is 4.88. The highest BCUT2D eigenvalue weighted by atomic mass is 32.2. The number of methoxy groups -OCH3 is 1. The molecule has 0 radical (unpaired) electrons. The number of carbonyl (C=O) groups is 1. The summed E-state index contributed by atoms with van der Waals surface area (Å²) in [5, 5.41) is 17.3. The summed E-state index contributed by atoms with van der Waals surface area (Å²) in [6, 6.07) is 4.49. The standard InChI is InChI=1S/C9H10N2O5S2/c1-16-7(9(12)13)5-11-18(14,15)8-3-2-6(4-10)17-8/h2-3,7,11H,5H2,1H3,(H,12,13). The molecule has 2 N–H and O–H groups in total. The van der Waals surface area contributed by atoms with Crippen LogP contribution in [0.5, 0.6) is 0 Å². The smallest absolute Gasteiger partial charge is 0.334 e. The third-order valence-electron chi connectivity index (χ3n) is 1.98. The number of nitrogens with zero attached hydrogens (tertiary/aromatic N) is 1. The van der Waals surface area contributed by atoms with E-state index >= 15 is 0 Å². The van der Waals surface area contributed by atoms with Gasteiger partial charge in [-0.1, -0.05) is 0 Å². The molecule has 0 aliphatic carbocycles. The first-order valence-electron chi connectivity index (χ1n) is 4.66. The van der Waals surface area contributed by atoms with Crippen LogP contribution in [0.2, 0.25) is 0 Å². The second-order valence-corrected chi connectivity index (χ2v) is 6.22. The zero-order valence-corrected chi connectivity index (χ0v) is 10.9. The summed E-state index contributed by atoms with van der Waals surface area (Å²) in [7, 11) is -2.64. The van der Waals surface area contributed by atoms with Crippen LogP contribution in [0.1, 0.15) is 4.88 Å². The summed E-state index contributed by atoms with van der Waals surface area (Å²) in [5.41, 5.74) is 0. The minimum atomic E-state index is -3.81. The van der Waals surface area contributed by atoms with Gasteiger partial charge in [0.25, 0.3) is 0 Å². The second kappa shape index (κ2) is 5.92. The number of carboxylic acid groups (broad SMARTS) is 1. The lowest BCUT2D eigenvalue weighted by Crippen LogP contribution is -2.37. The molecule has 0 saturated heterocycles. The van der Waals surface area contributed by atoms with Crippen LogP contribution >= 0.6 is 11.3 Å². The summed E-state index contributed by atoms with van der Waals surface area (Å²) in [6.45, 7) is -0.381. The van der Waals surface area contributed by atoms with Crippen LogP contribution in [0.15, 0.2) is 16.3 Å². The van der Waals surface area contributed by atoms with E-state index in [-0.39, 0.29) is 15.6 Å². The van der Waals surface area contributed by atoms with E-state index in [2.05, 4.69) is 9.46 Å². The fraction of sp³-hybridized carbons (Fsp3) is 0.333. The van der Waals surface area contributed by atoms with E-state index in [1.165, 1.54) is 19.2 Å². The van der Waals surface area contributed by atoms with E-state index in [9.17, 15) is 13.2 Å². The van der Waals surface area contributed by atoms with Gasteiger partial charge in [0.1, 0.15) is 15.2 Å². The predicted molar refractivity (Wildman–Crippen MR) is 62.7 cm³/mol. The molecule has 0 aliphatic rings. The quantitative estimate of drug-likeness (QED) is 0.761. The first-order valence-corrected chi connectivity index (χ1v) is 6.96. The van der Waals surface area contributed by atoms with Crippen LogP contribution in [-0.2, 0) is 19.6 Å². The first-order chi connectivity index (χ1) is 8.40. The van der Waals surface area contributed by atoms with Gasteiger partial charge in [0.05, 0.1) is 0 Å². The molecule has 0 amide bonds. The van der Waals surface area contributed by atoms with E-state index in [4.69, 9.17) is 10.4 Å². The lowest BCUT2D eigenvalue weighted by atomic mass is 10.4. The largest absolute Gasteiger partial charge is 0.479 e. The highest BCUT2D eigenvalue weighted by Gasteiger charge is 2.22. The Hall–Kier alpha value is -1.47. The van der Waals surface area contributed by atoms with Gasteiger partial charge in [0.15, 0.2) is 6.10 Å². The number of nitriles is 1. The Bertz CT molecular complexity index is 572. The van der Waals surface area contributed by atoms with Crippen LogP contribution < -0.4 is 4.72 Å². The van der Waals surface area contributed by atoms with Crippen molar-refractivity contribution >= 4 is 27.3 Å². The van der Waals surface area contributed by atoms with Crippen molar-refractivity contribution in [2.24, 2.45) is 0 Å². The van der Waals surface area contributed by atoms with E-state index in [1.807, 2.05) is 6.07 Å². The lowest BCUT2D eigenvalue weighted by Gasteiger charge is -2.10. The fourth-order valence-electron chi connectivity index (χ4n) is 1.05. The van der Waals surface area contributed by atoms with Crippen LogP contribution in [0.3, 0.4) is 0 Å². The van der Waals surface area contributed by atoms with Gasteiger partial charge in [-0.25, -0.2) is 17.9 Å². The molecule has 18 heavy (non-hydrogen) atoms. The van der Waals surface area contributed by atoms with Crippen molar-refractivity contribution in [3.8, 4) is 6.07 Å². The van der Waals surface area contributed by atoms with Gasteiger partial charge in [0.2, 0.25) is 10.0 Å². The molecule has 0 spiro atoms. The molecule has 1 aromatic rings. The molecular weight excluding hydrogens is 280 g/mol. The predicted octanol–water partition coefficient (Wildman–Crippen LogP) is -0.00232. The second-order valence-electron chi connectivity index (χ2n) is 3.14. The number of nitrogens with one attached hydrogen (secondary N) is 1. The van der Waals surface area contributed by atoms with Gasteiger partial charge >= 0.3 is 5.97 Å². The minimum absolute atomic E-state index is 0.0423. The van der Waals surface area contributed by atoms with Gasteiger partial charge in [-0.2, -0.15) is 5.26 Å². The van der Waals surface area contributed by atoms with E-state index in [0.717, 1.165) is 11.3 Å². The van der Waals surface area contributed by atoms with E-state index in [0.29, 0.717) is 0 Å². The number of hydrogen-bond acceptors (Lipinski definition) is 6. The average molecular weight is 290 g/mol. The van der Waals surface area contributed by atoms with Crippen molar-refractivity contribution < 1.29 is 23.1 Å². The normalized spacial score (nSPS) is 12.9. The minimum Gasteiger partial charge on any atom is -0.479 e. The molecule has 0 fully saturated rings. The lowest BCUT2D eigenvalue weighted by molar-refractivity contribution is -0.147. The summed E-state index contributed by atoms with van der Waals surface area (Å²) < 4.78 is 30.2. The molecule has 1 rings (SSSR count). The Balaban J connectivity index is 2.77. The van der Waals surface area contributed by atoms with Crippen molar-refractivity contribution in [3.63, 3.8) is 0 Å². The number of aliphatic carboxylic acids is 1. The molecular formula is C9H10N2O5S2. The van der Waals surface area contributed by atoms with Gasteiger partial charge in [0, 0.05) is 13.7 Å². The van der Waals surface area contributed by atoms with Crippen LogP contribution in [0.4, 0.5) is 0 Å². The molecule has 0 aromatic carbocycles. The Morgan fingerprint density at radius 2 is 2.33 bits per heavy atom. The van der Waals surface area contributed by atoms with Crippen LogP contribution in [0, 0.1) is 11.3 Å². The molecule has 1 heterocycles. The number of thiophene rings is 1. The zero-order chi connectivity index (χ0) is 13.8. The van der Waals surface area contributed by atoms with Crippen molar-refractivity contribution in [2.75, 3.05) is 13.7 Å².